The van der Waals surface area contributed by atoms with E-state index in [1.165, 1.54) is 24.3 Å². The summed E-state index contributed by atoms with van der Waals surface area (Å²) in [5.74, 6) is -0.713. The van der Waals surface area contributed by atoms with Crippen LogP contribution in [0.2, 0.25) is 0 Å². The molecule has 0 saturated carbocycles. The van der Waals surface area contributed by atoms with Crippen LogP contribution in [0.1, 0.15) is 36.2 Å². The topological polar surface area (TPSA) is 92.6 Å². The smallest absolute Gasteiger partial charge is 0.270 e. The van der Waals surface area contributed by atoms with Crippen LogP contribution < -0.4 is 5.32 Å². The van der Waals surface area contributed by atoms with Gasteiger partial charge in [0.25, 0.3) is 11.6 Å². The molecule has 0 radical (unpaired) electrons. The zero-order valence-corrected chi connectivity index (χ0v) is 15.4. The standard InChI is InChI=1S/C20H23N3O4/c1-3-12-22(14-16-8-5-4-6-9-16)20(25)15(2)21-19(24)17-10-7-11-18(13-17)23(26)27/h4-11,13,15H,3,12,14H2,1-2H3,(H,21,24). The zero-order valence-electron chi connectivity index (χ0n) is 15.4. The molecule has 142 valence electrons. The van der Waals surface area contributed by atoms with Gasteiger partial charge in [-0.3, -0.25) is 19.7 Å². The Kier molecular flexibility index (Phi) is 7.05. The van der Waals surface area contributed by atoms with Crippen molar-refractivity contribution < 1.29 is 14.5 Å². The molecule has 0 saturated heterocycles. The van der Waals surface area contributed by atoms with Crippen LogP contribution in [0.25, 0.3) is 0 Å². The second-order valence-electron chi connectivity index (χ2n) is 6.25. The molecule has 0 aliphatic heterocycles. The Labute approximate surface area is 158 Å². The molecule has 0 spiro atoms. The van der Waals surface area contributed by atoms with Gasteiger partial charge in [-0.2, -0.15) is 0 Å². The van der Waals surface area contributed by atoms with Gasteiger partial charge in [0.15, 0.2) is 0 Å². The first-order chi connectivity index (χ1) is 12.9. The highest BCUT2D eigenvalue weighted by Gasteiger charge is 2.23. The molecule has 0 aromatic heterocycles. The minimum Gasteiger partial charge on any atom is -0.341 e. The summed E-state index contributed by atoms with van der Waals surface area (Å²) < 4.78 is 0. The summed E-state index contributed by atoms with van der Waals surface area (Å²) in [6.45, 7) is 4.64. The van der Waals surface area contributed by atoms with E-state index in [1.807, 2.05) is 37.3 Å². The number of hydrogen-bond acceptors (Lipinski definition) is 4. The SMILES string of the molecule is CCCN(Cc1ccccc1)C(=O)C(C)NC(=O)c1cccc([N+](=O)[O-])c1. The zero-order chi connectivity index (χ0) is 19.8. The predicted octanol–water partition coefficient (Wildman–Crippen LogP) is 3.15. The van der Waals surface area contributed by atoms with Gasteiger partial charge in [-0.15, -0.1) is 0 Å². The monoisotopic (exact) mass is 369 g/mol. The number of carbonyl (C=O) groups excluding carboxylic acids is 2. The largest absolute Gasteiger partial charge is 0.341 e. The van der Waals surface area contributed by atoms with Gasteiger partial charge in [-0.25, -0.2) is 0 Å². The lowest BCUT2D eigenvalue weighted by Crippen LogP contribution is -2.46. The molecule has 0 bridgehead atoms. The maximum Gasteiger partial charge on any atom is 0.270 e. The fourth-order valence-corrected chi connectivity index (χ4v) is 2.72. The van der Waals surface area contributed by atoms with Crippen LogP contribution in [0.3, 0.4) is 0 Å². The number of nitro benzene ring substituents is 1. The number of benzene rings is 2. The first kappa shape index (κ1) is 20.1. The first-order valence-electron chi connectivity index (χ1n) is 8.80. The molecule has 1 unspecified atom stereocenters. The van der Waals surface area contributed by atoms with Crippen LogP contribution in [-0.2, 0) is 11.3 Å². The number of nitro groups is 1. The predicted molar refractivity (Wildman–Crippen MR) is 102 cm³/mol. The number of carbonyl (C=O) groups is 2. The quantitative estimate of drug-likeness (QED) is 0.571. The molecule has 1 N–H and O–H groups in total. The second kappa shape index (κ2) is 9.47. The molecular weight excluding hydrogens is 346 g/mol. The molecule has 27 heavy (non-hydrogen) atoms. The summed E-state index contributed by atoms with van der Waals surface area (Å²) in [6.07, 6.45) is 0.796. The van der Waals surface area contributed by atoms with Gasteiger partial charge >= 0.3 is 0 Å². The van der Waals surface area contributed by atoms with Crippen molar-refractivity contribution in [3.05, 3.63) is 75.8 Å². The van der Waals surface area contributed by atoms with Crippen molar-refractivity contribution in [2.75, 3.05) is 6.54 Å². The molecule has 2 aromatic carbocycles. The van der Waals surface area contributed by atoms with Crippen molar-refractivity contribution in [1.29, 1.82) is 0 Å². The van der Waals surface area contributed by atoms with Crippen molar-refractivity contribution in [2.45, 2.75) is 32.9 Å². The fourth-order valence-electron chi connectivity index (χ4n) is 2.72. The molecule has 0 fully saturated rings. The minimum atomic E-state index is -0.743. The first-order valence-corrected chi connectivity index (χ1v) is 8.80. The van der Waals surface area contributed by atoms with Crippen molar-refractivity contribution in [3.8, 4) is 0 Å². The third-order valence-corrected chi connectivity index (χ3v) is 4.06. The summed E-state index contributed by atoms with van der Waals surface area (Å²) in [4.78, 5) is 37.1. The Morgan fingerprint density at radius 3 is 2.48 bits per heavy atom. The summed E-state index contributed by atoms with van der Waals surface area (Å²) in [7, 11) is 0. The summed E-state index contributed by atoms with van der Waals surface area (Å²) in [5.41, 5.74) is 0.990. The Bertz CT molecular complexity index is 808. The lowest BCUT2D eigenvalue weighted by Gasteiger charge is -2.26. The Morgan fingerprint density at radius 2 is 1.85 bits per heavy atom. The molecule has 7 heteroatoms. The maximum atomic E-state index is 12.8. The van der Waals surface area contributed by atoms with Gasteiger partial charge in [0.1, 0.15) is 6.04 Å². The van der Waals surface area contributed by atoms with Gasteiger partial charge < -0.3 is 10.2 Å². The maximum absolute atomic E-state index is 12.8. The highest BCUT2D eigenvalue weighted by Crippen LogP contribution is 2.13. The minimum absolute atomic E-state index is 0.147. The van der Waals surface area contributed by atoms with Crippen molar-refractivity contribution in [2.24, 2.45) is 0 Å². The van der Waals surface area contributed by atoms with E-state index in [9.17, 15) is 19.7 Å². The number of amides is 2. The Hall–Kier alpha value is -3.22. The number of nitrogens with zero attached hydrogens (tertiary/aromatic N) is 2. The number of nitrogens with one attached hydrogen (secondary N) is 1. The fraction of sp³-hybridized carbons (Fsp3) is 0.300. The Morgan fingerprint density at radius 1 is 1.15 bits per heavy atom. The molecule has 1 atom stereocenters. The number of rotatable bonds is 8. The van der Waals surface area contributed by atoms with Crippen molar-refractivity contribution in [1.82, 2.24) is 10.2 Å². The van der Waals surface area contributed by atoms with E-state index in [0.29, 0.717) is 13.1 Å². The number of hydrogen-bond donors (Lipinski definition) is 1. The highest BCUT2D eigenvalue weighted by molar-refractivity contribution is 5.97. The van der Waals surface area contributed by atoms with Crippen LogP contribution in [-0.4, -0.2) is 34.2 Å². The van der Waals surface area contributed by atoms with Gasteiger partial charge in [0.05, 0.1) is 4.92 Å². The van der Waals surface area contributed by atoms with E-state index in [0.717, 1.165) is 12.0 Å². The lowest BCUT2D eigenvalue weighted by molar-refractivity contribution is -0.384. The Balaban J connectivity index is 2.06. The summed E-state index contributed by atoms with van der Waals surface area (Å²) in [6, 6.07) is 14.3. The van der Waals surface area contributed by atoms with Gasteiger partial charge in [-0.05, 0) is 25.0 Å². The summed E-state index contributed by atoms with van der Waals surface area (Å²) in [5, 5.41) is 13.5. The van der Waals surface area contributed by atoms with E-state index in [2.05, 4.69) is 5.32 Å². The normalized spacial score (nSPS) is 11.5. The molecular formula is C20H23N3O4. The molecule has 2 rings (SSSR count). The molecule has 0 aliphatic carbocycles. The third kappa shape index (κ3) is 5.64. The van der Waals surface area contributed by atoms with Crippen LogP contribution >= 0.6 is 0 Å². The van der Waals surface area contributed by atoms with Gasteiger partial charge in [-0.1, -0.05) is 43.3 Å². The van der Waals surface area contributed by atoms with Crippen LogP contribution in [0, 0.1) is 10.1 Å². The van der Waals surface area contributed by atoms with Gasteiger partial charge in [0, 0.05) is 30.8 Å². The third-order valence-electron chi connectivity index (χ3n) is 4.06. The van der Waals surface area contributed by atoms with E-state index in [-0.39, 0.29) is 17.2 Å². The average molecular weight is 369 g/mol. The second-order valence-corrected chi connectivity index (χ2v) is 6.25. The molecule has 2 amide bonds. The van der Waals surface area contributed by atoms with E-state index in [4.69, 9.17) is 0 Å². The van der Waals surface area contributed by atoms with Crippen molar-refractivity contribution in [3.63, 3.8) is 0 Å². The van der Waals surface area contributed by atoms with Crippen LogP contribution in [0.4, 0.5) is 5.69 Å². The molecule has 2 aromatic rings. The van der Waals surface area contributed by atoms with Crippen LogP contribution in [0.15, 0.2) is 54.6 Å². The highest BCUT2D eigenvalue weighted by atomic mass is 16.6. The van der Waals surface area contributed by atoms with E-state index < -0.39 is 16.9 Å². The average Bonchev–Trinajstić information content (AvgIpc) is 2.67. The molecule has 0 aliphatic rings. The lowest BCUT2D eigenvalue weighted by atomic mass is 10.1. The van der Waals surface area contributed by atoms with E-state index in [1.54, 1.807) is 11.8 Å². The van der Waals surface area contributed by atoms with Crippen LogP contribution in [0.5, 0.6) is 0 Å². The molecule has 7 nitrogen and oxygen atoms in total. The number of non-ortho nitro benzene ring substituents is 1. The van der Waals surface area contributed by atoms with E-state index >= 15 is 0 Å². The van der Waals surface area contributed by atoms with Crippen molar-refractivity contribution >= 4 is 17.5 Å². The molecule has 0 heterocycles. The van der Waals surface area contributed by atoms with Gasteiger partial charge in [0.2, 0.25) is 5.91 Å². The summed E-state index contributed by atoms with van der Waals surface area (Å²) >= 11 is 0.